The van der Waals surface area contributed by atoms with Gasteiger partial charge in [0.05, 0.1) is 5.56 Å². The van der Waals surface area contributed by atoms with Crippen molar-refractivity contribution in [3.8, 4) is 11.8 Å². The summed E-state index contributed by atoms with van der Waals surface area (Å²) < 4.78 is 6.33. The van der Waals surface area contributed by atoms with Crippen LogP contribution in [0.1, 0.15) is 32.3 Å². The number of nitrogens with zero attached hydrogens (tertiary/aromatic N) is 1. The normalized spacial score (nSPS) is 11.5. The number of halogens is 1. The molecule has 0 aromatic heterocycles. The molecule has 0 spiro atoms. The molecule has 4 nitrogen and oxygen atoms in total. The van der Waals surface area contributed by atoms with E-state index >= 15 is 0 Å². The maximum absolute atomic E-state index is 11.8. The highest BCUT2D eigenvalue weighted by Crippen LogP contribution is 2.23. The average molecular weight is 325 g/mol. The summed E-state index contributed by atoms with van der Waals surface area (Å²) in [5.41, 5.74) is 0.405. The molecule has 0 aliphatic carbocycles. The van der Waals surface area contributed by atoms with E-state index in [1.165, 1.54) is 0 Å². The molecule has 5 heteroatoms. The van der Waals surface area contributed by atoms with E-state index in [-0.39, 0.29) is 5.91 Å². The van der Waals surface area contributed by atoms with Gasteiger partial charge in [0.2, 0.25) is 0 Å². The number of nitrogens with one attached hydrogen (secondary N) is 1. The minimum Gasteiger partial charge on any atom is -0.480 e. The molecule has 0 bridgehead atoms. The number of carbonyl (C=O) groups is 1. The first kappa shape index (κ1) is 15.5. The molecule has 1 aromatic rings. The fraction of sp³-hybridized carbons (Fsp3) is 0.429. The number of ether oxygens (including phenoxy) is 1. The lowest BCUT2D eigenvalue weighted by Crippen LogP contribution is -2.36. The minimum atomic E-state index is -0.620. The second-order valence-corrected chi connectivity index (χ2v) is 5.07. The number of nitriles is 1. The van der Waals surface area contributed by atoms with Crippen LogP contribution in [0, 0.1) is 11.3 Å². The Labute approximate surface area is 121 Å². The van der Waals surface area contributed by atoms with Crippen molar-refractivity contribution in [3.63, 3.8) is 0 Å². The highest BCUT2D eigenvalue weighted by Gasteiger charge is 2.15. The average Bonchev–Trinajstić information content (AvgIpc) is 2.40. The van der Waals surface area contributed by atoms with E-state index in [2.05, 4.69) is 28.2 Å². The standard InChI is InChI=1S/C14H17BrN2O2/c1-3-4-7-17-14(18)10(2)19-13-6-5-12(15)8-11(13)9-16/h5-6,8,10H,3-4,7H2,1-2H3,(H,17,18). The van der Waals surface area contributed by atoms with E-state index in [4.69, 9.17) is 10.00 Å². The Bertz CT molecular complexity index is 483. The highest BCUT2D eigenvalue weighted by molar-refractivity contribution is 9.10. The number of hydrogen-bond donors (Lipinski definition) is 1. The van der Waals surface area contributed by atoms with Gasteiger partial charge >= 0.3 is 0 Å². The van der Waals surface area contributed by atoms with Crippen LogP contribution in [-0.2, 0) is 4.79 Å². The zero-order valence-electron chi connectivity index (χ0n) is 11.1. The van der Waals surface area contributed by atoms with E-state index in [9.17, 15) is 4.79 Å². The largest absolute Gasteiger partial charge is 0.480 e. The zero-order valence-corrected chi connectivity index (χ0v) is 12.7. The molecule has 19 heavy (non-hydrogen) atoms. The fourth-order valence-corrected chi connectivity index (χ4v) is 1.83. The van der Waals surface area contributed by atoms with Crippen molar-refractivity contribution in [1.29, 1.82) is 5.26 Å². The van der Waals surface area contributed by atoms with Crippen LogP contribution in [0.15, 0.2) is 22.7 Å². The number of rotatable bonds is 6. The summed E-state index contributed by atoms with van der Waals surface area (Å²) in [7, 11) is 0. The molecule has 1 aromatic carbocycles. The van der Waals surface area contributed by atoms with E-state index < -0.39 is 6.10 Å². The number of benzene rings is 1. The van der Waals surface area contributed by atoms with Crippen molar-refractivity contribution >= 4 is 21.8 Å². The molecule has 1 amide bonds. The summed E-state index contributed by atoms with van der Waals surface area (Å²) in [5, 5.41) is 11.8. The smallest absolute Gasteiger partial charge is 0.260 e. The first-order valence-electron chi connectivity index (χ1n) is 6.22. The van der Waals surface area contributed by atoms with Crippen LogP contribution in [0.5, 0.6) is 5.75 Å². The monoisotopic (exact) mass is 324 g/mol. The van der Waals surface area contributed by atoms with E-state index in [0.717, 1.165) is 17.3 Å². The van der Waals surface area contributed by atoms with Crippen LogP contribution >= 0.6 is 15.9 Å². The summed E-state index contributed by atoms with van der Waals surface area (Å²) in [6.45, 7) is 4.38. The van der Waals surface area contributed by atoms with Crippen molar-refractivity contribution < 1.29 is 9.53 Å². The van der Waals surface area contributed by atoms with Crippen LogP contribution in [-0.4, -0.2) is 18.6 Å². The third-order valence-corrected chi connectivity index (χ3v) is 3.06. The Morgan fingerprint density at radius 3 is 2.95 bits per heavy atom. The molecule has 102 valence electrons. The maximum Gasteiger partial charge on any atom is 0.260 e. The van der Waals surface area contributed by atoms with Gasteiger partial charge < -0.3 is 10.1 Å². The summed E-state index contributed by atoms with van der Waals surface area (Å²) in [6, 6.07) is 7.16. The number of carbonyl (C=O) groups excluding carboxylic acids is 1. The third kappa shape index (κ3) is 4.92. The molecule has 0 fully saturated rings. The van der Waals surface area contributed by atoms with Crippen LogP contribution < -0.4 is 10.1 Å². The number of amides is 1. The summed E-state index contributed by atoms with van der Waals surface area (Å²) >= 11 is 3.29. The van der Waals surface area contributed by atoms with Gasteiger partial charge in [-0.2, -0.15) is 5.26 Å². The van der Waals surface area contributed by atoms with Gasteiger partial charge in [-0.3, -0.25) is 4.79 Å². The Morgan fingerprint density at radius 1 is 1.58 bits per heavy atom. The van der Waals surface area contributed by atoms with Crippen molar-refractivity contribution in [1.82, 2.24) is 5.32 Å². The predicted molar refractivity (Wildman–Crippen MR) is 76.9 cm³/mol. The van der Waals surface area contributed by atoms with E-state index in [0.29, 0.717) is 17.9 Å². The third-order valence-electron chi connectivity index (χ3n) is 2.56. The molecule has 0 radical (unpaired) electrons. The van der Waals surface area contributed by atoms with Gasteiger partial charge in [0.1, 0.15) is 11.8 Å². The van der Waals surface area contributed by atoms with Gasteiger partial charge in [-0.25, -0.2) is 0 Å². The molecule has 1 N–H and O–H groups in total. The Kier molecular flexibility index (Phi) is 6.37. The molecule has 0 heterocycles. The first-order valence-corrected chi connectivity index (χ1v) is 7.01. The summed E-state index contributed by atoms with van der Waals surface area (Å²) in [5.74, 6) is 0.254. The van der Waals surface area contributed by atoms with Crippen molar-refractivity contribution in [2.45, 2.75) is 32.8 Å². The first-order chi connectivity index (χ1) is 9.08. The van der Waals surface area contributed by atoms with Gasteiger partial charge in [0.15, 0.2) is 6.10 Å². The van der Waals surface area contributed by atoms with Crippen LogP contribution in [0.25, 0.3) is 0 Å². The second-order valence-electron chi connectivity index (χ2n) is 4.16. The van der Waals surface area contributed by atoms with Crippen LogP contribution in [0.4, 0.5) is 0 Å². The molecular weight excluding hydrogens is 308 g/mol. The van der Waals surface area contributed by atoms with Gasteiger partial charge in [-0.15, -0.1) is 0 Å². The molecule has 1 unspecified atom stereocenters. The fourth-order valence-electron chi connectivity index (χ4n) is 1.47. The number of hydrogen-bond acceptors (Lipinski definition) is 3. The van der Waals surface area contributed by atoms with Gasteiger partial charge in [-0.1, -0.05) is 29.3 Å². The van der Waals surface area contributed by atoms with Gasteiger partial charge in [0, 0.05) is 11.0 Å². The van der Waals surface area contributed by atoms with Crippen LogP contribution in [0.2, 0.25) is 0 Å². The molecule has 1 atom stereocenters. The lowest BCUT2D eigenvalue weighted by molar-refractivity contribution is -0.127. The summed E-state index contributed by atoms with van der Waals surface area (Å²) in [6.07, 6.45) is 1.35. The van der Waals surface area contributed by atoms with Gasteiger partial charge in [0.25, 0.3) is 5.91 Å². The van der Waals surface area contributed by atoms with Crippen molar-refractivity contribution in [3.05, 3.63) is 28.2 Å². The Balaban J connectivity index is 2.64. The number of unbranched alkanes of at least 4 members (excludes halogenated alkanes) is 1. The topological polar surface area (TPSA) is 62.1 Å². The lowest BCUT2D eigenvalue weighted by Gasteiger charge is -2.15. The Hall–Kier alpha value is -1.54. The van der Waals surface area contributed by atoms with Gasteiger partial charge in [-0.05, 0) is 31.5 Å². The summed E-state index contributed by atoms with van der Waals surface area (Å²) in [4.78, 5) is 11.8. The maximum atomic E-state index is 11.8. The quantitative estimate of drug-likeness (QED) is 0.818. The molecular formula is C14H17BrN2O2. The Morgan fingerprint density at radius 2 is 2.32 bits per heavy atom. The molecule has 0 aliphatic heterocycles. The highest BCUT2D eigenvalue weighted by atomic mass is 79.9. The SMILES string of the molecule is CCCCNC(=O)C(C)Oc1ccc(Br)cc1C#N. The molecule has 1 rings (SSSR count). The van der Waals surface area contributed by atoms with E-state index in [1.807, 2.05) is 6.07 Å². The lowest BCUT2D eigenvalue weighted by atomic mass is 10.2. The van der Waals surface area contributed by atoms with Crippen molar-refractivity contribution in [2.75, 3.05) is 6.54 Å². The second kappa shape index (κ2) is 7.80. The predicted octanol–water partition coefficient (Wildman–Crippen LogP) is 3.00. The van der Waals surface area contributed by atoms with Crippen molar-refractivity contribution in [2.24, 2.45) is 0 Å². The minimum absolute atomic E-state index is 0.166. The molecule has 0 aliphatic rings. The molecule has 0 saturated carbocycles. The zero-order chi connectivity index (χ0) is 14.3. The van der Waals surface area contributed by atoms with E-state index in [1.54, 1.807) is 25.1 Å². The van der Waals surface area contributed by atoms with Crippen LogP contribution in [0.3, 0.4) is 0 Å². The molecule has 0 saturated heterocycles.